The summed E-state index contributed by atoms with van der Waals surface area (Å²) in [4.78, 5) is 21.9. The lowest BCUT2D eigenvalue weighted by atomic mass is 10.2. The van der Waals surface area contributed by atoms with E-state index in [0.29, 0.717) is 24.5 Å². The fraction of sp³-hybridized carbons (Fsp3) is 0.462. The monoisotopic (exact) mass is 281 g/mol. The third-order valence-electron chi connectivity index (χ3n) is 2.54. The van der Waals surface area contributed by atoms with E-state index in [-0.39, 0.29) is 24.6 Å². The van der Waals surface area contributed by atoms with Crippen LogP contribution in [0.5, 0.6) is 0 Å². The molecular weight excluding hydrogens is 262 g/mol. The molecule has 2 N–H and O–H groups in total. The lowest BCUT2D eigenvalue weighted by Gasteiger charge is -2.10. The number of hydrogen-bond acceptors (Lipinski definition) is 6. The van der Waals surface area contributed by atoms with Gasteiger partial charge < -0.3 is 15.4 Å². The quantitative estimate of drug-likeness (QED) is 0.431. The second-order valence-corrected chi connectivity index (χ2v) is 3.97. The van der Waals surface area contributed by atoms with Crippen LogP contribution in [0.4, 0.5) is 17.1 Å². The Bertz CT molecular complexity index is 477. The van der Waals surface area contributed by atoms with E-state index in [9.17, 15) is 14.9 Å². The molecular formula is C13H19N3O4. The van der Waals surface area contributed by atoms with Crippen molar-refractivity contribution in [1.29, 1.82) is 0 Å². The number of nitrogens with zero attached hydrogens (tertiary/aromatic N) is 1. The first kappa shape index (κ1) is 15.7. The number of para-hydroxylation sites is 1. The van der Waals surface area contributed by atoms with Crippen molar-refractivity contribution in [2.24, 2.45) is 0 Å². The molecule has 0 amide bonds. The van der Waals surface area contributed by atoms with Crippen LogP contribution >= 0.6 is 0 Å². The summed E-state index contributed by atoms with van der Waals surface area (Å²) in [5.41, 5.74) is 0.828. The number of carbonyl (C=O) groups is 1. The molecule has 0 spiro atoms. The number of hydrogen-bond donors (Lipinski definition) is 2. The van der Waals surface area contributed by atoms with E-state index >= 15 is 0 Å². The van der Waals surface area contributed by atoms with Gasteiger partial charge >= 0.3 is 11.7 Å². The highest BCUT2D eigenvalue weighted by molar-refractivity contribution is 5.77. The molecule has 0 saturated carbocycles. The van der Waals surface area contributed by atoms with Gasteiger partial charge in [0.05, 0.1) is 18.0 Å². The number of nitro groups is 1. The Morgan fingerprint density at radius 2 is 1.95 bits per heavy atom. The van der Waals surface area contributed by atoms with Crippen LogP contribution in [0.1, 0.15) is 20.3 Å². The number of benzene rings is 1. The predicted octanol–water partition coefficient (Wildman–Crippen LogP) is 2.39. The minimum absolute atomic E-state index is 0.0155. The maximum absolute atomic E-state index is 11.2. The van der Waals surface area contributed by atoms with Crippen LogP contribution in [0.15, 0.2) is 18.2 Å². The van der Waals surface area contributed by atoms with Gasteiger partial charge in [0.25, 0.3) is 0 Å². The number of anilines is 2. The third kappa shape index (κ3) is 4.42. The fourth-order valence-electron chi connectivity index (χ4n) is 1.75. The normalized spacial score (nSPS) is 9.90. The summed E-state index contributed by atoms with van der Waals surface area (Å²) < 4.78 is 4.79. The van der Waals surface area contributed by atoms with Crippen LogP contribution in [0.3, 0.4) is 0 Å². The first-order chi connectivity index (χ1) is 9.60. The van der Waals surface area contributed by atoms with E-state index in [1.54, 1.807) is 25.1 Å². The standard InChI is InChI=1S/C13H19N3O4/c1-3-14-10-6-5-7-11(13(10)16(18)19)15-9-8-12(17)20-4-2/h5-7,14-15H,3-4,8-9H2,1-2H3. The molecule has 20 heavy (non-hydrogen) atoms. The van der Waals surface area contributed by atoms with Gasteiger partial charge in [0.15, 0.2) is 0 Å². The van der Waals surface area contributed by atoms with Crippen molar-refractivity contribution in [2.75, 3.05) is 30.3 Å². The number of rotatable bonds is 8. The molecule has 1 rings (SSSR count). The highest BCUT2D eigenvalue weighted by atomic mass is 16.6. The third-order valence-corrected chi connectivity index (χ3v) is 2.54. The Kier molecular flexibility index (Phi) is 6.28. The van der Waals surface area contributed by atoms with Gasteiger partial charge in [0.2, 0.25) is 0 Å². The number of esters is 1. The fourth-order valence-corrected chi connectivity index (χ4v) is 1.75. The van der Waals surface area contributed by atoms with Gasteiger partial charge in [-0.1, -0.05) is 6.07 Å². The van der Waals surface area contributed by atoms with Crippen LogP contribution < -0.4 is 10.6 Å². The molecule has 1 aromatic carbocycles. The summed E-state index contributed by atoms with van der Waals surface area (Å²) in [7, 11) is 0. The summed E-state index contributed by atoms with van der Waals surface area (Å²) in [6, 6.07) is 4.99. The molecule has 7 heteroatoms. The summed E-state index contributed by atoms with van der Waals surface area (Å²) in [6.07, 6.45) is 0.163. The van der Waals surface area contributed by atoms with E-state index in [0.717, 1.165) is 0 Å². The number of carbonyl (C=O) groups excluding carboxylic acids is 1. The highest BCUT2D eigenvalue weighted by Crippen LogP contribution is 2.32. The molecule has 0 unspecified atom stereocenters. The predicted molar refractivity (Wildman–Crippen MR) is 77.0 cm³/mol. The van der Waals surface area contributed by atoms with Gasteiger partial charge in [-0.3, -0.25) is 14.9 Å². The Morgan fingerprint density at radius 3 is 2.50 bits per heavy atom. The molecule has 0 heterocycles. The summed E-state index contributed by atoms with van der Waals surface area (Å²) in [6.45, 7) is 4.80. The molecule has 0 aliphatic heterocycles. The molecule has 0 aromatic heterocycles. The molecule has 0 bridgehead atoms. The van der Waals surface area contributed by atoms with Crippen LogP contribution in [-0.4, -0.2) is 30.6 Å². The summed E-state index contributed by atoms with van der Waals surface area (Å²) in [5, 5.41) is 17.0. The lowest BCUT2D eigenvalue weighted by Crippen LogP contribution is -2.12. The van der Waals surface area contributed by atoms with Crippen molar-refractivity contribution in [3.8, 4) is 0 Å². The zero-order valence-electron chi connectivity index (χ0n) is 11.6. The van der Waals surface area contributed by atoms with Crippen molar-refractivity contribution in [1.82, 2.24) is 0 Å². The van der Waals surface area contributed by atoms with Gasteiger partial charge in [-0.25, -0.2) is 0 Å². The maximum atomic E-state index is 11.2. The second-order valence-electron chi connectivity index (χ2n) is 3.97. The zero-order valence-corrected chi connectivity index (χ0v) is 11.6. The molecule has 0 saturated heterocycles. The van der Waals surface area contributed by atoms with Crippen molar-refractivity contribution in [3.63, 3.8) is 0 Å². The summed E-state index contributed by atoms with van der Waals surface area (Å²) in [5.74, 6) is -0.328. The SMILES string of the molecule is CCNc1cccc(NCCC(=O)OCC)c1[N+](=O)[O-]. The van der Waals surface area contributed by atoms with E-state index in [4.69, 9.17) is 4.74 Å². The van der Waals surface area contributed by atoms with Crippen LogP contribution in [-0.2, 0) is 9.53 Å². The van der Waals surface area contributed by atoms with Gasteiger partial charge in [-0.2, -0.15) is 0 Å². The average molecular weight is 281 g/mol. The lowest BCUT2D eigenvalue weighted by molar-refractivity contribution is -0.383. The van der Waals surface area contributed by atoms with Crippen molar-refractivity contribution >= 4 is 23.0 Å². The number of nitro benzene ring substituents is 1. The van der Waals surface area contributed by atoms with Crippen molar-refractivity contribution < 1.29 is 14.5 Å². The second kappa shape index (κ2) is 7.98. The first-order valence-electron chi connectivity index (χ1n) is 6.50. The Hall–Kier alpha value is -2.31. The zero-order chi connectivity index (χ0) is 15.0. The van der Waals surface area contributed by atoms with Gasteiger partial charge in [-0.05, 0) is 26.0 Å². The maximum Gasteiger partial charge on any atom is 0.315 e. The highest BCUT2D eigenvalue weighted by Gasteiger charge is 2.19. The number of nitrogens with one attached hydrogen (secondary N) is 2. The van der Waals surface area contributed by atoms with Crippen LogP contribution in [0, 0.1) is 10.1 Å². The molecule has 0 aliphatic carbocycles. The van der Waals surface area contributed by atoms with Crippen LogP contribution in [0.2, 0.25) is 0 Å². The van der Waals surface area contributed by atoms with E-state index < -0.39 is 4.92 Å². The molecule has 7 nitrogen and oxygen atoms in total. The average Bonchev–Trinajstić information content (AvgIpc) is 2.39. The Morgan fingerprint density at radius 1 is 1.30 bits per heavy atom. The number of ether oxygens (including phenoxy) is 1. The summed E-state index contributed by atoms with van der Waals surface area (Å²) >= 11 is 0. The molecule has 110 valence electrons. The minimum Gasteiger partial charge on any atom is -0.466 e. The minimum atomic E-state index is -0.440. The largest absolute Gasteiger partial charge is 0.466 e. The van der Waals surface area contributed by atoms with Crippen molar-refractivity contribution in [2.45, 2.75) is 20.3 Å². The van der Waals surface area contributed by atoms with E-state index in [1.165, 1.54) is 0 Å². The Balaban J connectivity index is 2.76. The molecule has 0 atom stereocenters. The van der Waals surface area contributed by atoms with E-state index in [1.807, 2.05) is 6.92 Å². The van der Waals surface area contributed by atoms with E-state index in [2.05, 4.69) is 10.6 Å². The molecule has 1 aromatic rings. The smallest absolute Gasteiger partial charge is 0.315 e. The Labute approximate surface area is 117 Å². The van der Waals surface area contributed by atoms with Gasteiger partial charge in [-0.15, -0.1) is 0 Å². The molecule has 0 aliphatic rings. The van der Waals surface area contributed by atoms with Crippen LogP contribution in [0.25, 0.3) is 0 Å². The van der Waals surface area contributed by atoms with Crippen molar-refractivity contribution in [3.05, 3.63) is 28.3 Å². The van der Waals surface area contributed by atoms with Gasteiger partial charge in [0.1, 0.15) is 11.4 Å². The molecule has 0 fully saturated rings. The topological polar surface area (TPSA) is 93.5 Å². The van der Waals surface area contributed by atoms with Gasteiger partial charge in [0, 0.05) is 13.1 Å². The molecule has 0 radical (unpaired) electrons. The first-order valence-corrected chi connectivity index (χ1v) is 6.50.